The van der Waals surface area contributed by atoms with Crippen molar-refractivity contribution in [3.63, 3.8) is 0 Å². The lowest BCUT2D eigenvalue weighted by Crippen LogP contribution is -2.46. The summed E-state index contributed by atoms with van der Waals surface area (Å²) >= 11 is 1.87. The Bertz CT molecular complexity index is 335. The molecule has 3 heteroatoms. The molecule has 1 atom stereocenters. The SMILES string of the molecule is COC1(OC)CCCC[C@@H]1Sc1ccccc1. The maximum Gasteiger partial charge on any atom is 0.179 e. The molecule has 1 aliphatic carbocycles. The topological polar surface area (TPSA) is 18.5 Å². The smallest absolute Gasteiger partial charge is 0.179 e. The molecule has 0 radical (unpaired) electrons. The Balaban J connectivity index is 2.12. The minimum absolute atomic E-state index is 0.383. The van der Waals surface area contributed by atoms with Gasteiger partial charge in [-0.05, 0) is 25.0 Å². The highest BCUT2D eigenvalue weighted by molar-refractivity contribution is 8.00. The van der Waals surface area contributed by atoms with Crippen molar-refractivity contribution in [2.75, 3.05) is 14.2 Å². The molecule has 0 amide bonds. The molecule has 17 heavy (non-hydrogen) atoms. The highest BCUT2D eigenvalue weighted by Crippen LogP contribution is 2.42. The van der Waals surface area contributed by atoms with E-state index in [2.05, 4.69) is 24.3 Å². The Morgan fingerprint density at radius 2 is 1.82 bits per heavy atom. The van der Waals surface area contributed by atoms with Crippen LogP contribution in [0.1, 0.15) is 25.7 Å². The van der Waals surface area contributed by atoms with Crippen LogP contribution in [0, 0.1) is 0 Å². The van der Waals surface area contributed by atoms with Crippen molar-refractivity contribution in [3.05, 3.63) is 30.3 Å². The number of ether oxygens (including phenoxy) is 2. The molecule has 0 aromatic heterocycles. The zero-order valence-corrected chi connectivity index (χ0v) is 11.3. The van der Waals surface area contributed by atoms with Gasteiger partial charge in [0.25, 0.3) is 0 Å². The van der Waals surface area contributed by atoms with Gasteiger partial charge in [0.2, 0.25) is 0 Å². The van der Waals surface area contributed by atoms with E-state index in [-0.39, 0.29) is 0 Å². The molecule has 1 aromatic carbocycles. The molecule has 0 heterocycles. The van der Waals surface area contributed by atoms with Gasteiger partial charge in [-0.1, -0.05) is 24.6 Å². The fraction of sp³-hybridized carbons (Fsp3) is 0.571. The van der Waals surface area contributed by atoms with E-state index in [1.807, 2.05) is 17.8 Å². The molecule has 1 saturated carbocycles. The van der Waals surface area contributed by atoms with Crippen LogP contribution in [0.4, 0.5) is 0 Å². The van der Waals surface area contributed by atoms with Gasteiger partial charge in [0, 0.05) is 25.5 Å². The van der Waals surface area contributed by atoms with Crippen LogP contribution in [0.3, 0.4) is 0 Å². The highest BCUT2D eigenvalue weighted by Gasteiger charge is 2.41. The normalized spacial score (nSPS) is 23.5. The van der Waals surface area contributed by atoms with Crippen molar-refractivity contribution in [1.82, 2.24) is 0 Å². The summed E-state index contributed by atoms with van der Waals surface area (Å²) in [4.78, 5) is 1.29. The summed E-state index contributed by atoms with van der Waals surface area (Å²) in [7, 11) is 3.51. The van der Waals surface area contributed by atoms with Gasteiger partial charge >= 0.3 is 0 Å². The summed E-state index contributed by atoms with van der Waals surface area (Å²) in [5.41, 5.74) is 0. The third-order valence-electron chi connectivity index (χ3n) is 3.44. The first-order valence-corrected chi connectivity index (χ1v) is 7.01. The van der Waals surface area contributed by atoms with E-state index in [1.165, 1.54) is 17.7 Å². The first-order valence-electron chi connectivity index (χ1n) is 6.13. The third-order valence-corrected chi connectivity index (χ3v) is 4.87. The quantitative estimate of drug-likeness (QED) is 0.761. The molecule has 0 spiro atoms. The van der Waals surface area contributed by atoms with Crippen LogP contribution in [-0.2, 0) is 9.47 Å². The van der Waals surface area contributed by atoms with Gasteiger partial charge in [0.1, 0.15) is 0 Å². The van der Waals surface area contributed by atoms with Crippen LogP contribution in [0.2, 0.25) is 0 Å². The van der Waals surface area contributed by atoms with Crippen LogP contribution < -0.4 is 0 Å². The van der Waals surface area contributed by atoms with Crippen molar-refractivity contribution in [3.8, 4) is 0 Å². The first-order chi connectivity index (χ1) is 8.30. The van der Waals surface area contributed by atoms with E-state index >= 15 is 0 Å². The Morgan fingerprint density at radius 1 is 1.12 bits per heavy atom. The monoisotopic (exact) mass is 252 g/mol. The molecular weight excluding hydrogens is 232 g/mol. The fourth-order valence-corrected chi connectivity index (χ4v) is 3.86. The summed E-state index contributed by atoms with van der Waals surface area (Å²) in [6.07, 6.45) is 4.60. The van der Waals surface area contributed by atoms with Gasteiger partial charge in [-0.25, -0.2) is 0 Å². The number of hydrogen-bond acceptors (Lipinski definition) is 3. The van der Waals surface area contributed by atoms with Crippen molar-refractivity contribution in [1.29, 1.82) is 0 Å². The number of benzene rings is 1. The van der Waals surface area contributed by atoms with Crippen LogP contribution >= 0.6 is 11.8 Å². The van der Waals surface area contributed by atoms with E-state index in [4.69, 9.17) is 9.47 Å². The highest BCUT2D eigenvalue weighted by atomic mass is 32.2. The number of hydrogen-bond donors (Lipinski definition) is 0. The van der Waals surface area contributed by atoms with Gasteiger partial charge < -0.3 is 9.47 Å². The van der Waals surface area contributed by atoms with Gasteiger partial charge in [-0.15, -0.1) is 11.8 Å². The molecular formula is C14H20O2S. The number of methoxy groups -OCH3 is 2. The average Bonchev–Trinajstić information content (AvgIpc) is 2.41. The minimum Gasteiger partial charge on any atom is -0.352 e. The largest absolute Gasteiger partial charge is 0.352 e. The summed E-state index contributed by atoms with van der Waals surface area (Å²) in [5, 5.41) is 0.383. The zero-order valence-electron chi connectivity index (χ0n) is 10.5. The molecule has 0 N–H and O–H groups in total. The predicted octanol–water partition coefficient (Wildman–Crippen LogP) is 3.71. The molecule has 0 unspecified atom stereocenters. The van der Waals surface area contributed by atoms with Crippen molar-refractivity contribution in [2.45, 2.75) is 41.6 Å². The minimum atomic E-state index is -0.404. The lowest BCUT2D eigenvalue weighted by atomic mass is 9.93. The van der Waals surface area contributed by atoms with E-state index in [1.54, 1.807) is 14.2 Å². The van der Waals surface area contributed by atoms with E-state index in [9.17, 15) is 0 Å². The Morgan fingerprint density at radius 3 is 2.47 bits per heavy atom. The summed E-state index contributed by atoms with van der Waals surface area (Å²) in [5.74, 6) is -0.404. The van der Waals surface area contributed by atoms with Crippen LogP contribution in [-0.4, -0.2) is 25.3 Å². The average molecular weight is 252 g/mol. The lowest BCUT2D eigenvalue weighted by Gasteiger charge is -2.41. The van der Waals surface area contributed by atoms with E-state index in [0.717, 1.165) is 12.8 Å². The molecule has 0 saturated heterocycles. The van der Waals surface area contributed by atoms with Gasteiger partial charge in [0.05, 0.1) is 5.25 Å². The molecule has 1 fully saturated rings. The Labute approximate surface area is 108 Å². The summed E-state index contributed by atoms with van der Waals surface area (Å²) < 4.78 is 11.3. The maximum atomic E-state index is 5.67. The van der Waals surface area contributed by atoms with E-state index in [0.29, 0.717) is 5.25 Å². The summed E-state index contributed by atoms with van der Waals surface area (Å²) in [6, 6.07) is 10.5. The molecule has 0 aliphatic heterocycles. The first kappa shape index (κ1) is 12.9. The molecule has 1 aromatic rings. The molecule has 94 valence electrons. The van der Waals surface area contributed by atoms with Gasteiger partial charge in [-0.2, -0.15) is 0 Å². The van der Waals surface area contributed by atoms with Crippen molar-refractivity contribution >= 4 is 11.8 Å². The van der Waals surface area contributed by atoms with Gasteiger partial charge in [-0.3, -0.25) is 0 Å². The lowest BCUT2D eigenvalue weighted by molar-refractivity contribution is -0.218. The molecule has 2 nitrogen and oxygen atoms in total. The van der Waals surface area contributed by atoms with Crippen LogP contribution in [0.25, 0.3) is 0 Å². The van der Waals surface area contributed by atoms with Gasteiger partial charge in [0.15, 0.2) is 5.79 Å². The van der Waals surface area contributed by atoms with Crippen molar-refractivity contribution in [2.24, 2.45) is 0 Å². The standard InChI is InChI=1S/C14H20O2S/c1-15-14(16-2)11-7-6-10-13(14)17-12-8-4-3-5-9-12/h3-5,8-9,13H,6-7,10-11H2,1-2H3/t13-/m0/s1. The zero-order chi connectivity index (χ0) is 12.1. The second-order valence-corrected chi connectivity index (χ2v) is 5.66. The second-order valence-electron chi connectivity index (χ2n) is 4.39. The maximum absolute atomic E-state index is 5.67. The summed E-state index contributed by atoms with van der Waals surface area (Å²) in [6.45, 7) is 0. The van der Waals surface area contributed by atoms with Crippen LogP contribution in [0.15, 0.2) is 35.2 Å². The van der Waals surface area contributed by atoms with Crippen molar-refractivity contribution < 1.29 is 9.47 Å². The molecule has 2 rings (SSSR count). The third kappa shape index (κ3) is 2.84. The predicted molar refractivity (Wildman–Crippen MR) is 71.3 cm³/mol. The molecule has 1 aliphatic rings. The Kier molecular flexibility index (Phi) is 4.48. The second kappa shape index (κ2) is 5.89. The number of rotatable bonds is 4. The molecule has 0 bridgehead atoms. The Hall–Kier alpha value is -0.510. The van der Waals surface area contributed by atoms with Crippen LogP contribution in [0.5, 0.6) is 0 Å². The number of thioether (sulfide) groups is 1. The van der Waals surface area contributed by atoms with E-state index < -0.39 is 5.79 Å². The fourth-order valence-electron chi connectivity index (χ4n) is 2.44.